The highest BCUT2D eigenvalue weighted by Gasteiger charge is 1.85. The van der Waals surface area contributed by atoms with Gasteiger partial charge in [0.05, 0.1) is 0 Å². The van der Waals surface area contributed by atoms with E-state index in [0.29, 0.717) is 5.76 Å². The smallest absolute Gasteiger partial charge is 0.292 e. The first kappa shape index (κ1) is 13.1. The van der Waals surface area contributed by atoms with Crippen molar-refractivity contribution in [3.05, 3.63) is 36.6 Å². The van der Waals surface area contributed by atoms with E-state index >= 15 is 0 Å². The highest BCUT2D eigenvalue weighted by molar-refractivity contribution is 5.16. The van der Waals surface area contributed by atoms with E-state index in [2.05, 4.69) is 11.3 Å². The first-order valence-corrected chi connectivity index (χ1v) is 3.86. The normalized spacial score (nSPS) is 9.67. The maximum Gasteiger partial charge on any atom is 0.292 e. The Morgan fingerprint density at radius 3 is 2.42 bits per heavy atom. The molecule has 0 aromatic heterocycles. The molecule has 0 N–H and O–H groups in total. The molecular weight excluding hydrogens is 150 g/mol. The van der Waals surface area contributed by atoms with E-state index in [9.17, 15) is 0 Å². The molecule has 2 nitrogen and oxygen atoms in total. The van der Waals surface area contributed by atoms with E-state index in [1.165, 1.54) is 0 Å². The van der Waals surface area contributed by atoms with Gasteiger partial charge in [-0.1, -0.05) is 32.6 Å². The average molecular weight is 165 g/mol. The molecule has 0 aliphatic carbocycles. The number of ether oxygens (including phenoxy) is 1. The van der Waals surface area contributed by atoms with Crippen molar-refractivity contribution in [1.82, 2.24) is 0 Å². The zero-order valence-corrected chi connectivity index (χ0v) is 7.87. The molecule has 0 saturated carbocycles. The molecule has 0 heterocycles. The Bertz CT molecular complexity index is 196. The lowest BCUT2D eigenvalue weighted by molar-refractivity contribution is 0.392. The van der Waals surface area contributed by atoms with Gasteiger partial charge in [0.25, 0.3) is 6.26 Å². The van der Waals surface area contributed by atoms with Crippen molar-refractivity contribution in [2.45, 2.75) is 20.8 Å². The van der Waals surface area contributed by atoms with Gasteiger partial charge in [-0.3, -0.25) is 0 Å². The van der Waals surface area contributed by atoms with Gasteiger partial charge in [-0.25, -0.2) is 0 Å². The highest BCUT2D eigenvalue weighted by atomic mass is 16.5. The van der Waals surface area contributed by atoms with Gasteiger partial charge in [0, 0.05) is 0 Å². The lowest BCUT2D eigenvalue weighted by Crippen LogP contribution is -1.77. The van der Waals surface area contributed by atoms with Crippen LogP contribution in [0, 0.1) is 11.5 Å². The minimum Gasteiger partial charge on any atom is -0.388 e. The summed E-state index contributed by atoms with van der Waals surface area (Å²) >= 11 is 0. The summed E-state index contributed by atoms with van der Waals surface area (Å²) in [5.41, 5.74) is 0. The average Bonchev–Trinajstić information content (AvgIpc) is 2.15. The minimum absolute atomic E-state index is 0.530. The van der Waals surface area contributed by atoms with E-state index in [0.717, 1.165) is 0 Å². The Balaban J connectivity index is 0. The molecule has 0 rings (SSSR count). The molecule has 12 heavy (non-hydrogen) atoms. The second-order valence-electron chi connectivity index (χ2n) is 1.48. The standard InChI is InChI=1S/C8H9NO.C2H6/c1-3-5-6-8(4-2)10-7-9;1-2/h3-6H,1H2,2H3;1-2H3/b6-5-,8-4+;. The van der Waals surface area contributed by atoms with Crippen LogP contribution in [-0.2, 0) is 4.74 Å². The third-order valence-corrected chi connectivity index (χ3v) is 0.845. The third kappa shape index (κ3) is 8.51. The maximum absolute atomic E-state index is 8.09. The number of hydrogen-bond acceptors (Lipinski definition) is 2. The molecule has 0 unspecified atom stereocenters. The quantitative estimate of drug-likeness (QED) is 0.365. The van der Waals surface area contributed by atoms with Crippen LogP contribution in [0.4, 0.5) is 0 Å². The summed E-state index contributed by atoms with van der Waals surface area (Å²) in [4.78, 5) is 0. The Labute approximate surface area is 74.5 Å². The van der Waals surface area contributed by atoms with Crippen molar-refractivity contribution in [3.8, 4) is 6.26 Å². The lowest BCUT2D eigenvalue weighted by Gasteiger charge is -1.90. The fourth-order valence-electron chi connectivity index (χ4n) is 0.405. The van der Waals surface area contributed by atoms with Crippen molar-refractivity contribution in [1.29, 1.82) is 5.26 Å². The fraction of sp³-hybridized carbons (Fsp3) is 0.300. The van der Waals surface area contributed by atoms with Crippen LogP contribution in [0.1, 0.15) is 20.8 Å². The number of nitriles is 1. The molecule has 0 atom stereocenters. The van der Waals surface area contributed by atoms with Crippen molar-refractivity contribution < 1.29 is 4.74 Å². The van der Waals surface area contributed by atoms with Crippen LogP contribution >= 0.6 is 0 Å². The van der Waals surface area contributed by atoms with Crippen LogP contribution in [0.15, 0.2) is 36.6 Å². The van der Waals surface area contributed by atoms with Crippen LogP contribution in [-0.4, -0.2) is 0 Å². The van der Waals surface area contributed by atoms with Crippen LogP contribution in [0.2, 0.25) is 0 Å². The van der Waals surface area contributed by atoms with Crippen LogP contribution in [0.25, 0.3) is 0 Å². The van der Waals surface area contributed by atoms with Gasteiger partial charge in [-0.15, -0.1) is 5.26 Å². The predicted octanol–water partition coefficient (Wildman–Crippen LogP) is 3.16. The maximum atomic E-state index is 8.09. The van der Waals surface area contributed by atoms with Crippen molar-refractivity contribution in [3.63, 3.8) is 0 Å². The summed E-state index contributed by atoms with van der Waals surface area (Å²) < 4.78 is 4.53. The summed E-state index contributed by atoms with van der Waals surface area (Å²) in [6, 6.07) is 0. The second kappa shape index (κ2) is 12.2. The molecule has 0 saturated heterocycles. The van der Waals surface area contributed by atoms with E-state index in [1.54, 1.807) is 37.5 Å². The fourth-order valence-corrected chi connectivity index (χ4v) is 0.405. The topological polar surface area (TPSA) is 33.0 Å². The Kier molecular flexibility index (Phi) is 13.4. The van der Waals surface area contributed by atoms with Gasteiger partial charge >= 0.3 is 0 Å². The largest absolute Gasteiger partial charge is 0.388 e. The van der Waals surface area contributed by atoms with Crippen molar-refractivity contribution in [2.75, 3.05) is 0 Å². The minimum atomic E-state index is 0.530. The molecule has 0 radical (unpaired) electrons. The zero-order valence-electron chi connectivity index (χ0n) is 7.87. The Morgan fingerprint density at radius 2 is 2.08 bits per heavy atom. The molecule has 0 aliphatic heterocycles. The molecule has 0 bridgehead atoms. The second-order valence-corrected chi connectivity index (χ2v) is 1.48. The van der Waals surface area contributed by atoms with Crippen molar-refractivity contribution >= 4 is 0 Å². The Hall–Kier alpha value is -1.49. The van der Waals surface area contributed by atoms with Gasteiger partial charge in [0.15, 0.2) is 0 Å². The summed E-state index contributed by atoms with van der Waals surface area (Å²) in [6.07, 6.45) is 8.25. The van der Waals surface area contributed by atoms with Gasteiger partial charge in [0.2, 0.25) is 0 Å². The summed E-state index contributed by atoms with van der Waals surface area (Å²) in [7, 11) is 0. The first-order chi connectivity index (χ1) is 5.85. The van der Waals surface area contributed by atoms with Gasteiger partial charge in [0.1, 0.15) is 5.76 Å². The number of hydrogen-bond donors (Lipinski definition) is 0. The molecule has 2 heteroatoms. The summed E-state index contributed by atoms with van der Waals surface area (Å²) in [6.45, 7) is 9.27. The number of nitrogens with zero attached hydrogens (tertiary/aromatic N) is 1. The molecule has 0 aliphatic rings. The third-order valence-electron chi connectivity index (χ3n) is 0.845. The molecule has 0 aromatic rings. The zero-order chi connectivity index (χ0) is 9.82. The molecule has 0 spiro atoms. The van der Waals surface area contributed by atoms with E-state index in [-0.39, 0.29) is 0 Å². The summed E-state index contributed by atoms with van der Waals surface area (Å²) in [5, 5.41) is 8.09. The van der Waals surface area contributed by atoms with Crippen LogP contribution < -0.4 is 0 Å². The molecule has 0 fully saturated rings. The van der Waals surface area contributed by atoms with Gasteiger partial charge in [-0.2, -0.15) is 0 Å². The highest BCUT2D eigenvalue weighted by Crippen LogP contribution is 1.97. The molecule has 0 amide bonds. The van der Waals surface area contributed by atoms with Crippen LogP contribution in [0.5, 0.6) is 0 Å². The monoisotopic (exact) mass is 165 g/mol. The molecular formula is C10H15NO. The van der Waals surface area contributed by atoms with E-state index in [4.69, 9.17) is 5.26 Å². The van der Waals surface area contributed by atoms with Crippen molar-refractivity contribution in [2.24, 2.45) is 0 Å². The first-order valence-electron chi connectivity index (χ1n) is 3.86. The van der Waals surface area contributed by atoms with Crippen LogP contribution in [0.3, 0.4) is 0 Å². The Morgan fingerprint density at radius 1 is 1.50 bits per heavy atom. The lowest BCUT2D eigenvalue weighted by atomic mass is 10.4. The summed E-state index contributed by atoms with van der Waals surface area (Å²) in [5.74, 6) is 0.530. The van der Waals surface area contributed by atoms with Gasteiger partial charge < -0.3 is 4.74 Å². The van der Waals surface area contributed by atoms with E-state index in [1.807, 2.05) is 13.8 Å². The SMILES string of the molecule is C=C/C=C\C(=C/C)OC#N.CC. The number of allylic oxidation sites excluding steroid dienone is 4. The molecule has 66 valence electrons. The molecule has 0 aromatic carbocycles. The van der Waals surface area contributed by atoms with Gasteiger partial charge in [-0.05, 0) is 19.1 Å². The number of rotatable bonds is 3. The van der Waals surface area contributed by atoms with E-state index < -0.39 is 0 Å². The predicted molar refractivity (Wildman–Crippen MR) is 51.1 cm³/mol.